The average molecular weight is 324 g/mol. The third-order valence-corrected chi connectivity index (χ3v) is 4.01. The molecule has 1 aliphatic rings. The Morgan fingerprint density at radius 1 is 1.17 bits per heavy atom. The second kappa shape index (κ2) is 5.49. The van der Waals surface area contributed by atoms with E-state index in [1.807, 2.05) is 24.3 Å². The van der Waals surface area contributed by atoms with Crippen molar-refractivity contribution in [3.63, 3.8) is 0 Å². The maximum Gasteiger partial charge on any atom is 0.280 e. The number of rotatable bonds is 2. The Hall–Kier alpha value is -3.15. The van der Waals surface area contributed by atoms with Crippen LogP contribution in [0.15, 0.2) is 53.1 Å². The number of halogens is 1. The number of benzene rings is 2. The first-order valence-corrected chi connectivity index (χ1v) is 7.40. The summed E-state index contributed by atoms with van der Waals surface area (Å²) in [6.45, 7) is 0.183. The highest BCUT2D eigenvalue weighted by Gasteiger charge is 2.30. The number of nitrogens with zero attached hydrogens (tertiary/aromatic N) is 2. The topological polar surface area (TPSA) is 55.6 Å². The molecule has 0 aliphatic carbocycles. The van der Waals surface area contributed by atoms with Gasteiger partial charge < -0.3 is 14.2 Å². The highest BCUT2D eigenvalue weighted by atomic mass is 19.1. The summed E-state index contributed by atoms with van der Waals surface area (Å²) in [6.07, 6.45) is 0. The predicted octanol–water partition coefficient (Wildman–Crippen LogP) is 3.65. The fraction of sp³-hybridized carbons (Fsp3) is 0.111. The lowest BCUT2D eigenvalue weighted by atomic mass is 10.0. The van der Waals surface area contributed by atoms with Crippen LogP contribution in [-0.4, -0.2) is 18.1 Å². The monoisotopic (exact) mass is 324 g/mol. The molecule has 0 bridgehead atoms. The number of fused-ring (bicyclic) bond motifs is 3. The minimum Gasteiger partial charge on any atom is -0.488 e. The lowest BCUT2D eigenvalue weighted by Gasteiger charge is -2.19. The number of ether oxygens (including phenoxy) is 1. The van der Waals surface area contributed by atoms with Crippen molar-refractivity contribution in [3.8, 4) is 17.1 Å². The van der Waals surface area contributed by atoms with E-state index in [1.165, 1.54) is 24.1 Å². The van der Waals surface area contributed by atoms with Crippen molar-refractivity contribution in [1.82, 2.24) is 5.16 Å². The zero-order chi connectivity index (χ0) is 16.7. The van der Waals surface area contributed by atoms with Crippen LogP contribution in [-0.2, 0) is 6.61 Å². The molecule has 0 unspecified atom stereocenters. The molecule has 0 saturated carbocycles. The zero-order valence-electron chi connectivity index (χ0n) is 12.8. The molecule has 0 radical (unpaired) electrons. The molecule has 0 spiro atoms. The molecule has 120 valence electrons. The van der Waals surface area contributed by atoms with Gasteiger partial charge in [-0.05, 0) is 24.3 Å². The van der Waals surface area contributed by atoms with Gasteiger partial charge in [-0.15, -0.1) is 0 Å². The highest BCUT2D eigenvalue weighted by Crippen LogP contribution is 2.38. The molecule has 0 N–H and O–H groups in total. The minimum atomic E-state index is -0.479. The van der Waals surface area contributed by atoms with Gasteiger partial charge in [0, 0.05) is 7.05 Å². The lowest BCUT2D eigenvalue weighted by Crippen LogP contribution is -2.28. The molecule has 24 heavy (non-hydrogen) atoms. The summed E-state index contributed by atoms with van der Waals surface area (Å²) in [7, 11) is 1.50. The molecule has 2 heterocycles. The van der Waals surface area contributed by atoms with E-state index >= 15 is 0 Å². The number of hydrogen-bond donors (Lipinski definition) is 0. The number of para-hydroxylation sites is 2. The molecule has 3 aromatic rings. The number of amides is 1. The van der Waals surface area contributed by atoms with Gasteiger partial charge in [0.2, 0.25) is 0 Å². The number of anilines is 1. The Morgan fingerprint density at radius 2 is 1.92 bits per heavy atom. The van der Waals surface area contributed by atoms with Crippen molar-refractivity contribution in [2.24, 2.45) is 0 Å². The van der Waals surface area contributed by atoms with Gasteiger partial charge in [0.25, 0.3) is 5.91 Å². The summed E-state index contributed by atoms with van der Waals surface area (Å²) in [5.41, 5.74) is 1.63. The van der Waals surface area contributed by atoms with Crippen molar-refractivity contribution in [1.29, 1.82) is 0 Å². The lowest BCUT2D eigenvalue weighted by molar-refractivity contribution is 0.0981. The van der Waals surface area contributed by atoms with Gasteiger partial charge in [-0.1, -0.05) is 29.4 Å². The largest absolute Gasteiger partial charge is 0.488 e. The smallest absolute Gasteiger partial charge is 0.280 e. The highest BCUT2D eigenvalue weighted by molar-refractivity contribution is 6.06. The van der Waals surface area contributed by atoms with Gasteiger partial charge in [0.15, 0.2) is 11.5 Å². The van der Waals surface area contributed by atoms with Crippen LogP contribution >= 0.6 is 0 Å². The van der Waals surface area contributed by atoms with E-state index in [0.29, 0.717) is 17.1 Å². The molecule has 0 fully saturated rings. The maximum absolute atomic E-state index is 13.9. The summed E-state index contributed by atoms with van der Waals surface area (Å²) < 4.78 is 25.0. The van der Waals surface area contributed by atoms with Crippen LogP contribution in [0, 0.1) is 5.82 Å². The first-order valence-electron chi connectivity index (χ1n) is 7.40. The molecule has 5 nitrogen and oxygen atoms in total. The van der Waals surface area contributed by atoms with Crippen molar-refractivity contribution in [2.45, 2.75) is 6.61 Å². The Labute approximate surface area is 137 Å². The van der Waals surface area contributed by atoms with Gasteiger partial charge in [-0.2, -0.15) is 0 Å². The minimum absolute atomic E-state index is 0.130. The van der Waals surface area contributed by atoms with E-state index in [2.05, 4.69) is 5.16 Å². The predicted molar refractivity (Wildman–Crippen MR) is 85.4 cm³/mol. The first kappa shape index (κ1) is 14.4. The number of carbonyl (C=O) groups is 1. The molecule has 0 atom stereocenters. The quantitative estimate of drug-likeness (QED) is 0.722. The van der Waals surface area contributed by atoms with Gasteiger partial charge in [0.05, 0.1) is 16.8 Å². The zero-order valence-corrected chi connectivity index (χ0v) is 12.8. The van der Waals surface area contributed by atoms with E-state index in [1.54, 1.807) is 12.1 Å². The molecular formula is C18H13FN2O3. The van der Waals surface area contributed by atoms with Gasteiger partial charge in [-0.25, -0.2) is 4.39 Å². The van der Waals surface area contributed by atoms with Gasteiger partial charge in [-0.3, -0.25) is 4.79 Å². The SMILES string of the molecule is CN(C(=O)c1noc2c1COc1ccccc1-2)c1ccccc1F. The van der Waals surface area contributed by atoms with E-state index in [-0.39, 0.29) is 18.0 Å². The van der Waals surface area contributed by atoms with E-state index in [9.17, 15) is 9.18 Å². The van der Waals surface area contributed by atoms with Crippen molar-refractivity contribution in [2.75, 3.05) is 11.9 Å². The Bertz CT molecular complexity index is 936. The van der Waals surface area contributed by atoms with E-state index < -0.39 is 11.7 Å². The molecule has 1 aliphatic heterocycles. The first-order chi connectivity index (χ1) is 11.7. The third-order valence-electron chi connectivity index (χ3n) is 4.01. The third kappa shape index (κ3) is 2.15. The summed E-state index contributed by atoms with van der Waals surface area (Å²) in [6, 6.07) is 13.5. The summed E-state index contributed by atoms with van der Waals surface area (Å²) in [5, 5.41) is 3.90. The fourth-order valence-electron chi connectivity index (χ4n) is 2.74. The van der Waals surface area contributed by atoms with E-state index in [4.69, 9.17) is 9.26 Å². The standard InChI is InChI=1S/C18H13FN2O3/c1-21(14-8-4-3-7-13(14)19)18(22)16-12-10-23-15-9-5-2-6-11(15)17(12)24-20-16/h2-9H,10H2,1H3. The van der Waals surface area contributed by atoms with Gasteiger partial charge >= 0.3 is 0 Å². The molecular weight excluding hydrogens is 311 g/mol. The summed E-state index contributed by atoms with van der Waals surface area (Å²) >= 11 is 0. The van der Waals surface area contributed by atoms with Crippen LogP contribution in [0.25, 0.3) is 11.3 Å². The normalized spacial score (nSPS) is 12.1. The average Bonchev–Trinajstić information content (AvgIpc) is 3.05. The Kier molecular flexibility index (Phi) is 3.30. The van der Waals surface area contributed by atoms with Crippen LogP contribution < -0.4 is 9.64 Å². The number of aromatic nitrogens is 1. The van der Waals surface area contributed by atoms with Crippen LogP contribution in [0.4, 0.5) is 10.1 Å². The molecule has 0 saturated heterocycles. The van der Waals surface area contributed by atoms with Crippen molar-refractivity contribution >= 4 is 11.6 Å². The van der Waals surface area contributed by atoms with Gasteiger partial charge in [0.1, 0.15) is 18.2 Å². The van der Waals surface area contributed by atoms with Crippen LogP contribution in [0.5, 0.6) is 5.75 Å². The van der Waals surface area contributed by atoms with Crippen LogP contribution in [0.2, 0.25) is 0 Å². The number of carbonyl (C=O) groups excluding carboxylic acids is 1. The molecule has 1 amide bonds. The second-order valence-electron chi connectivity index (χ2n) is 5.44. The van der Waals surface area contributed by atoms with Crippen LogP contribution in [0.3, 0.4) is 0 Å². The fourth-order valence-corrected chi connectivity index (χ4v) is 2.74. The van der Waals surface area contributed by atoms with E-state index in [0.717, 1.165) is 5.56 Å². The van der Waals surface area contributed by atoms with Crippen molar-refractivity contribution in [3.05, 3.63) is 65.6 Å². The molecule has 6 heteroatoms. The summed E-state index contributed by atoms with van der Waals surface area (Å²) in [5.74, 6) is 0.269. The second-order valence-corrected chi connectivity index (χ2v) is 5.44. The number of hydrogen-bond acceptors (Lipinski definition) is 4. The Balaban J connectivity index is 1.74. The molecule has 2 aromatic carbocycles. The molecule has 1 aromatic heterocycles. The summed E-state index contributed by atoms with van der Waals surface area (Å²) in [4.78, 5) is 13.9. The maximum atomic E-state index is 13.9. The molecule has 4 rings (SSSR count). The van der Waals surface area contributed by atoms with Crippen molar-refractivity contribution < 1.29 is 18.4 Å². The van der Waals surface area contributed by atoms with Crippen LogP contribution in [0.1, 0.15) is 16.1 Å². The Morgan fingerprint density at radius 3 is 2.75 bits per heavy atom.